The second kappa shape index (κ2) is 9.86. The van der Waals surface area contributed by atoms with Gasteiger partial charge in [-0.15, -0.1) is 0 Å². The summed E-state index contributed by atoms with van der Waals surface area (Å²) in [5.74, 6) is -2.74. The van der Waals surface area contributed by atoms with Gasteiger partial charge in [-0.1, -0.05) is 31.6 Å². The normalized spacial score (nSPS) is 47.5. The summed E-state index contributed by atoms with van der Waals surface area (Å²) in [6, 6.07) is -1.25. The van der Waals surface area contributed by atoms with Crippen molar-refractivity contribution in [3.05, 3.63) is 34.9 Å². The molecule has 0 unspecified atom stereocenters. The minimum atomic E-state index is -1.15. The van der Waals surface area contributed by atoms with Gasteiger partial charge in [0.05, 0.1) is 17.8 Å². The number of esters is 1. The van der Waals surface area contributed by atoms with Crippen molar-refractivity contribution in [2.45, 2.75) is 103 Å². The van der Waals surface area contributed by atoms with Gasteiger partial charge >= 0.3 is 11.9 Å². The lowest BCUT2D eigenvalue weighted by atomic mass is 9.39. The summed E-state index contributed by atoms with van der Waals surface area (Å²) < 4.78 is 5.76. The molecule has 0 amide bonds. The molecule has 212 valence electrons. The fourth-order valence-corrected chi connectivity index (χ4v) is 8.90. The number of hydrogen-bond donors (Lipinski definition) is 6. The van der Waals surface area contributed by atoms with E-state index < -0.39 is 70.5 Å². The number of aliphatic hydroxyl groups excluding tert-OH is 2. The first-order chi connectivity index (χ1) is 17.6. The number of ether oxygens (including phenoxy) is 1. The van der Waals surface area contributed by atoms with Crippen LogP contribution in [0.4, 0.5) is 0 Å². The molecule has 4 saturated carbocycles. The summed E-state index contributed by atoms with van der Waals surface area (Å²) in [5.41, 5.74) is 20.1. The van der Waals surface area contributed by atoms with E-state index in [0.717, 1.165) is 5.57 Å². The van der Waals surface area contributed by atoms with Crippen LogP contribution < -0.4 is 17.2 Å². The van der Waals surface area contributed by atoms with Gasteiger partial charge in [0.15, 0.2) is 0 Å². The number of aliphatic carboxylic acids is 1. The Labute approximate surface area is 225 Å². The highest BCUT2D eigenvalue weighted by molar-refractivity contribution is 5.91. The van der Waals surface area contributed by atoms with Crippen molar-refractivity contribution < 1.29 is 29.6 Å². The van der Waals surface area contributed by atoms with Gasteiger partial charge in [-0.25, -0.2) is 4.79 Å². The van der Waals surface area contributed by atoms with Crippen LogP contribution in [0.5, 0.6) is 0 Å². The van der Waals surface area contributed by atoms with Crippen LogP contribution in [0.1, 0.15) is 66.7 Å². The third-order valence-electron chi connectivity index (χ3n) is 10.6. The first kappa shape index (κ1) is 29.0. The van der Waals surface area contributed by atoms with Crippen LogP contribution in [0.25, 0.3) is 0 Å². The van der Waals surface area contributed by atoms with E-state index >= 15 is 0 Å². The number of carboxylic acid groups (broad SMARTS) is 1. The molecule has 0 spiro atoms. The van der Waals surface area contributed by atoms with Crippen LogP contribution in [-0.2, 0) is 14.3 Å². The number of allylic oxidation sites excluding steroid dienone is 3. The Morgan fingerprint density at radius 3 is 2.29 bits per heavy atom. The van der Waals surface area contributed by atoms with Gasteiger partial charge in [0, 0.05) is 36.4 Å². The zero-order valence-corrected chi connectivity index (χ0v) is 23.2. The molecule has 0 saturated heterocycles. The zero-order chi connectivity index (χ0) is 28.4. The maximum atomic E-state index is 12.6. The van der Waals surface area contributed by atoms with E-state index in [0.29, 0.717) is 37.7 Å². The minimum Gasteiger partial charge on any atom is -0.478 e. The molecule has 4 fully saturated rings. The predicted molar refractivity (Wildman–Crippen MR) is 143 cm³/mol. The Morgan fingerprint density at radius 1 is 1.05 bits per heavy atom. The summed E-state index contributed by atoms with van der Waals surface area (Å²) >= 11 is 0. The van der Waals surface area contributed by atoms with Crippen LogP contribution in [0.15, 0.2) is 34.9 Å². The number of carbonyl (C=O) groups excluding carboxylic acids is 1. The average Bonchev–Trinajstić information content (AvgIpc) is 3.10. The van der Waals surface area contributed by atoms with Crippen LogP contribution in [0.3, 0.4) is 0 Å². The Hall–Kier alpha value is -2.04. The highest BCUT2D eigenvalue weighted by Crippen LogP contribution is 2.69. The molecule has 9 nitrogen and oxygen atoms in total. The summed E-state index contributed by atoms with van der Waals surface area (Å²) in [4.78, 5) is 24.8. The predicted octanol–water partition coefficient (Wildman–Crippen LogP) is 1.76. The van der Waals surface area contributed by atoms with Crippen LogP contribution in [0.2, 0.25) is 0 Å². The molecule has 0 heterocycles. The molecule has 9 heteroatoms. The lowest BCUT2D eigenvalue weighted by Gasteiger charge is -2.69. The molecule has 0 aromatic carbocycles. The van der Waals surface area contributed by atoms with Crippen molar-refractivity contribution in [2.75, 3.05) is 0 Å². The largest absolute Gasteiger partial charge is 0.478 e. The number of carbonyl (C=O) groups is 2. The van der Waals surface area contributed by atoms with Crippen LogP contribution >= 0.6 is 0 Å². The smallest absolute Gasteiger partial charge is 0.335 e. The first-order valence-corrected chi connectivity index (χ1v) is 13.7. The first-order valence-electron chi connectivity index (χ1n) is 13.7. The van der Waals surface area contributed by atoms with E-state index in [4.69, 9.17) is 21.9 Å². The van der Waals surface area contributed by atoms with Crippen molar-refractivity contribution in [2.24, 2.45) is 45.8 Å². The Balaban J connectivity index is 1.91. The second-order valence-corrected chi connectivity index (χ2v) is 12.9. The van der Waals surface area contributed by atoms with E-state index in [1.807, 2.05) is 20.8 Å². The molecular weight excluding hydrogens is 486 g/mol. The van der Waals surface area contributed by atoms with Gasteiger partial charge < -0.3 is 37.3 Å². The van der Waals surface area contributed by atoms with Crippen LogP contribution in [0, 0.1) is 28.6 Å². The Kier molecular flexibility index (Phi) is 7.51. The van der Waals surface area contributed by atoms with E-state index in [1.165, 1.54) is 13.0 Å². The third-order valence-corrected chi connectivity index (χ3v) is 10.6. The van der Waals surface area contributed by atoms with Gasteiger partial charge in [-0.2, -0.15) is 0 Å². The quantitative estimate of drug-likeness (QED) is 0.179. The Morgan fingerprint density at radius 2 is 1.71 bits per heavy atom. The summed E-state index contributed by atoms with van der Waals surface area (Å²) in [6.07, 6.45) is 5.21. The third kappa shape index (κ3) is 4.18. The summed E-state index contributed by atoms with van der Waals surface area (Å²) in [6.45, 7) is 9.24. The molecule has 9 N–H and O–H groups in total. The molecule has 38 heavy (non-hydrogen) atoms. The SMILES string of the molecule is CC(=O)O[C@H]1C[C@@]2(C)[C@H](/C1=C(\C=C/C=C(C)C)C(=O)O)[C@@H](N)[C@@H](O)[C@H]1[C@@]3(C)CC[C@@H](O)[C@@H](N)[C@@H]3CC[C@@]12N. The van der Waals surface area contributed by atoms with Crippen molar-refractivity contribution in [1.82, 2.24) is 0 Å². The lowest BCUT2D eigenvalue weighted by molar-refractivity contribution is -0.199. The van der Waals surface area contributed by atoms with Gasteiger partial charge in [-0.05, 0) is 74.3 Å². The molecule has 4 aliphatic rings. The molecule has 0 aromatic heterocycles. The van der Waals surface area contributed by atoms with Crippen molar-refractivity contribution >= 4 is 11.9 Å². The molecule has 4 aliphatic carbocycles. The number of rotatable bonds is 4. The highest BCUT2D eigenvalue weighted by atomic mass is 16.5. The molecule has 0 aromatic rings. The van der Waals surface area contributed by atoms with Crippen molar-refractivity contribution in [1.29, 1.82) is 0 Å². The maximum absolute atomic E-state index is 12.6. The maximum Gasteiger partial charge on any atom is 0.335 e. The molecule has 11 atom stereocenters. The van der Waals surface area contributed by atoms with E-state index in [-0.39, 0.29) is 11.5 Å². The van der Waals surface area contributed by atoms with Gasteiger partial charge in [0.1, 0.15) is 6.10 Å². The van der Waals surface area contributed by atoms with Crippen LogP contribution in [-0.4, -0.2) is 63.2 Å². The second-order valence-electron chi connectivity index (χ2n) is 12.9. The van der Waals surface area contributed by atoms with Gasteiger partial charge in [0.2, 0.25) is 0 Å². The fraction of sp³-hybridized carbons (Fsp3) is 0.724. The molecule has 4 rings (SSSR count). The van der Waals surface area contributed by atoms with Gasteiger partial charge in [0.25, 0.3) is 0 Å². The summed E-state index contributed by atoms with van der Waals surface area (Å²) in [7, 11) is 0. The zero-order valence-electron chi connectivity index (χ0n) is 23.2. The molecule has 0 aliphatic heterocycles. The minimum absolute atomic E-state index is 0.00915. The van der Waals surface area contributed by atoms with Crippen molar-refractivity contribution in [3.8, 4) is 0 Å². The topological polar surface area (TPSA) is 182 Å². The average molecular weight is 532 g/mol. The van der Waals surface area contributed by atoms with E-state index in [2.05, 4.69) is 6.92 Å². The molecule has 0 radical (unpaired) electrons. The highest BCUT2D eigenvalue weighted by Gasteiger charge is 2.73. The number of hydrogen-bond acceptors (Lipinski definition) is 8. The number of aliphatic hydroxyl groups is 2. The number of carboxylic acids is 1. The van der Waals surface area contributed by atoms with E-state index in [9.17, 15) is 24.9 Å². The Bertz CT molecular complexity index is 1080. The van der Waals surface area contributed by atoms with Gasteiger partial charge in [-0.3, -0.25) is 4.79 Å². The van der Waals surface area contributed by atoms with E-state index in [1.54, 1.807) is 12.2 Å². The molecular formula is C29H45N3O6. The standard InChI is InChI=1S/C29H45N3O6/c1-14(2)7-6-8-16(26(36)37)20-19(38-15(3)33)13-28(5)21(20)23(31)24(35)25-27(4)11-10-18(34)22(30)17(27)9-12-29(25,28)32/h6-8,17-19,21-25,34-35H,9-13,30-32H2,1-5H3,(H,36,37)/b8-6-,20-16+/t17-,18+,19-,21+,22-,23+,24+,25-,27-,28-,29+/m0/s1. The molecule has 0 bridgehead atoms. The number of fused-ring (bicyclic) bond motifs is 5. The van der Waals surface area contributed by atoms with Crippen molar-refractivity contribution in [3.63, 3.8) is 0 Å². The number of nitrogens with two attached hydrogens (primary N) is 3. The lowest BCUT2D eigenvalue weighted by Crippen LogP contribution is -2.78. The monoisotopic (exact) mass is 531 g/mol. The summed E-state index contributed by atoms with van der Waals surface area (Å²) in [5, 5.41) is 32.7. The fourth-order valence-electron chi connectivity index (χ4n) is 8.90.